The predicted molar refractivity (Wildman–Crippen MR) is 97.1 cm³/mol. The number of aryl methyl sites for hydroxylation is 2. The molecule has 118 valence electrons. The highest BCUT2D eigenvalue weighted by atomic mass is 79.9. The monoisotopic (exact) mass is 390 g/mol. The molecular formula is C17H15BrN2O2S. The largest absolute Gasteiger partial charge is 0.348 e. The minimum Gasteiger partial charge on any atom is -0.348 e. The minimum absolute atomic E-state index is 0.138. The van der Waals surface area contributed by atoms with E-state index < -0.39 is 0 Å². The number of fused-ring (bicyclic) bond motifs is 1. The zero-order valence-corrected chi connectivity index (χ0v) is 15.1. The van der Waals surface area contributed by atoms with E-state index in [1.54, 1.807) is 13.2 Å². The summed E-state index contributed by atoms with van der Waals surface area (Å²) in [7, 11) is 1.69. The van der Waals surface area contributed by atoms with Crippen LogP contribution in [0.3, 0.4) is 0 Å². The van der Waals surface area contributed by atoms with Crippen molar-refractivity contribution in [3.8, 4) is 0 Å². The first-order chi connectivity index (χ1) is 11.0. The quantitative estimate of drug-likeness (QED) is 0.742. The maximum Gasteiger partial charge on any atom is 0.259 e. The van der Waals surface area contributed by atoms with Crippen LogP contribution in [-0.4, -0.2) is 10.5 Å². The number of amides is 1. The standard InChI is InChI=1S/C17H15BrN2O2S/c1-10-14(15-13(23-10)7-8-20(2)17(15)22)16(21)19-9-11-3-5-12(18)6-4-11/h3-8H,9H2,1-2H3,(H,19,21). The first-order valence-corrected chi connectivity index (χ1v) is 8.69. The summed E-state index contributed by atoms with van der Waals surface area (Å²) in [4.78, 5) is 25.8. The number of carbonyl (C=O) groups excluding carboxylic acids is 1. The Morgan fingerprint density at radius 2 is 1.96 bits per heavy atom. The van der Waals surface area contributed by atoms with E-state index in [-0.39, 0.29) is 11.5 Å². The van der Waals surface area contributed by atoms with E-state index in [2.05, 4.69) is 21.2 Å². The lowest BCUT2D eigenvalue weighted by atomic mass is 10.1. The molecule has 3 aromatic rings. The number of carbonyl (C=O) groups is 1. The summed E-state index contributed by atoms with van der Waals surface area (Å²) in [5, 5.41) is 3.41. The van der Waals surface area contributed by atoms with Gasteiger partial charge < -0.3 is 9.88 Å². The number of halogens is 1. The third-order valence-electron chi connectivity index (χ3n) is 3.69. The van der Waals surface area contributed by atoms with Gasteiger partial charge in [-0.15, -0.1) is 11.3 Å². The summed E-state index contributed by atoms with van der Waals surface area (Å²) in [5.41, 5.74) is 1.36. The molecular weight excluding hydrogens is 376 g/mol. The van der Waals surface area contributed by atoms with Crippen LogP contribution < -0.4 is 10.9 Å². The SMILES string of the molecule is Cc1sc2ccn(C)c(=O)c2c1C(=O)NCc1ccc(Br)cc1. The molecule has 3 rings (SSSR count). The van der Waals surface area contributed by atoms with Crippen molar-refractivity contribution in [3.05, 3.63) is 67.4 Å². The highest BCUT2D eigenvalue weighted by Gasteiger charge is 2.19. The Kier molecular flexibility index (Phi) is 4.37. The predicted octanol–water partition coefficient (Wildman–Crippen LogP) is 3.60. The smallest absolute Gasteiger partial charge is 0.259 e. The Labute approximate surface area is 145 Å². The maximum atomic E-state index is 12.6. The van der Waals surface area contributed by atoms with E-state index in [0.29, 0.717) is 17.5 Å². The first kappa shape index (κ1) is 16.0. The van der Waals surface area contributed by atoms with Gasteiger partial charge in [0.05, 0.1) is 10.9 Å². The third-order valence-corrected chi connectivity index (χ3v) is 5.29. The summed E-state index contributed by atoms with van der Waals surface area (Å²) in [6.07, 6.45) is 1.73. The summed E-state index contributed by atoms with van der Waals surface area (Å²) < 4.78 is 3.34. The molecule has 0 saturated carbocycles. The van der Waals surface area contributed by atoms with Crippen molar-refractivity contribution in [2.45, 2.75) is 13.5 Å². The van der Waals surface area contributed by atoms with Crippen LogP contribution in [0.4, 0.5) is 0 Å². The summed E-state index contributed by atoms with van der Waals surface area (Å²) in [6, 6.07) is 9.63. The molecule has 0 fully saturated rings. The van der Waals surface area contributed by atoms with Crippen LogP contribution in [0, 0.1) is 6.92 Å². The average Bonchev–Trinajstić information content (AvgIpc) is 2.87. The molecule has 0 radical (unpaired) electrons. The number of benzene rings is 1. The Balaban J connectivity index is 1.92. The highest BCUT2D eigenvalue weighted by molar-refractivity contribution is 9.10. The lowest BCUT2D eigenvalue weighted by Gasteiger charge is -2.06. The molecule has 0 spiro atoms. The van der Waals surface area contributed by atoms with Crippen molar-refractivity contribution in [2.75, 3.05) is 0 Å². The van der Waals surface area contributed by atoms with Gasteiger partial charge in [0.25, 0.3) is 11.5 Å². The Bertz CT molecular complexity index is 942. The van der Waals surface area contributed by atoms with E-state index in [1.807, 2.05) is 37.3 Å². The Morgan fingerprint density at radius 3 is 2.65 bits per heavy atom. The average molecular weight is 391 g/mol. The number of nitrogens with one attached hydrogen (secondary N) is 1. The minimum atomic E-state index is -0.208. The van der Waals surface area contributed by atoms with Crippen molar-refractivity contribution < 1.29 is 4.79 Å². The zero-order valence-electron chi connectivity index (χ0n) is 12.7. The first-order valence-electron chi connectivity index (χ1n) is 7.08. The van der Waals surface area contributed by atoms with Gasteiger partial charge in [-0.3, -0.25) is 9.59 Å². The second-order valence-corrected chi connectivity index (χ2v) is 7.49. The van der Waals surface area contributed by atoms with Gasteiger partial charge >= 0.3 is 0 Å². The summed E-state index contributed by atoms with van der Waals surface area (Å²) in [5.74, 6) is -0.208. The van der Waals surface area contributed by atoms with Crippen LogP contribution in [0.25, 0.3) is 10.1 Å². The molecule has 0 atom stereocenters. The van der Waals surface area contributed by atoms with Crippen molar-refractivity contribution in [2.24, 2.45) is 7.05 Å². The second kappa shape index (κ2) is 6.29. The normalized spacial score (nSPS) is 10.9. The van der Waals surface area contributed by atoms with Crippen molar-refractivity contribution >= 4 is 43.3 Å². The molecule has 4 nitrogen and oxygen atoms in total. The van der Waals surface area contributed by atoms with Gasteiger partial charge in [0.2, 0.25) is 0 Å². The number of rotatable bonds is 3. The van der Waals surface area contributed by atoms with Crippen LogP contribution >= 0.6 is 27.3 Å². The fourth-order valence-electron chi connectivity index (χ4n) is 2.47. The van der Waals surface area contributed by atoms with Gasteiger partial charge in [-0.2, -0.15) is 0 Å². The van der Waals surface area contributed by atoms with Gasteiger partial charge in [0, 0.05) is 33.8 Å². The van der Waals surface area contributed by atoms with Gasteiger partial charge in [0.1, 0.15) is 0 Å². The van der Waals surface area contributed by atoms with Crippen LogP contribution in [0.5, 0.6) is 0 Å². The molecule has 0 unspecified atom stereocenters. The van der Waals surface area contributed by atoms with Crippen molar-refractivity contribution in [1.29, 1.82) is 0 Å². The van der Waals surface area contributed by atoms with E-state index in [9.17, 15) is 9.59 Å². The Hall–Kier alpha value is -1.92. The second-order valence-electron chi connectivity index (χ2n) is 5.31. The molecule has 0 bridgehead atoms. The molecule has 1 aromatic carbocycles. The lowest BCUT2D eigenvalue weighted by molar-refractivity contribution is 0.0952. The van der Waals surface area contributed by atoms with Crippen molar-refractivity contribution in [1.82, 2.24) is 9.88 Å². The number of pyridine rings is 1. The van der Waals surface area contributed by atoms with Gasteiger partial charge in [-0.25, -0.2) is 0 Å². The maximum absolute atomic E-state index is 12.6. The van der Waals surface area contributed by atoms with Crippen LogP contribution in [0.15, 0.2) is 45.8 Å². The van der Waals surface area contributed by atoms with Crippen LogP contribution in [0.1, 0.15) is 20.8 Å². The number of thiophene rings is 1. The van der Waals surface area contributed by atoms with E-state index in [1.165, 1.54) is 15.9 Å². The number of aromatic nitrogens is 1. The summed E-state index contributed by atoms with van der Waals surface area (Å²) in [6.45, 7) is 2.30. The third kappa shape index (κ3) is 3.09. The molecule has 0 aliphatic carbocycles. The van der Waals surface area contributed by atoms with Gasteiger partial charge in [0.15, 0.2) is 0 Å². The van der Waals surface area contributed by atoms with Crippen LogP contribution in [-0.2, 0) is 13.6 Å². The molecule has 23 heavy (non-hydrogen) atoms. The van der Waals surface area contributed by atoms with Gasteiger partial charge in [-0.05, 0) is 30.7 Å². The number of nitrogens with zero attached hydrogens (tertiary/aromatic N) is 1. The zero-order chi connectivity index (χ0) is 16.6. The molecule has 2 aromatic heterocycles. The van der Waals surface area contributed by atoms with E-state index in [4.69, 9.17) is 0 Å². The number of hydrogen-bond donors (Lipinski definition) is 1. The molecule has 0 saturated heterocycles. The summed E-state index contributed by atoms with van der Waals surface area (Å²) >= 11 is 4.86. The lowest BCUT2D eigenvalue weighted by Crippen LogP contribution is -2.25. The van der Waals surface area contributed by atoms with Crippen molar-refractivity contribution in [3.63, 3.8) is 0 Å². The topological polar surface area (TPSA) is 51.1 Å². The fourth-order valence-corrected chi connectivity index (χ4v) is 3.78. The van der Waals surface area contributed by atoms with E-state index in [0.717, 1.165) is 19.6 Å². The molecule has 0 aliphatic heterocycles. The van der Waals surface area contributed by atoms with E-state index >= 15 is 0 Å². The molecule has 1 amide bonds. The van der Waals surface area contributed by atoms with Gasteiger partial charge in [-0.1, -0.05) is 28.1 Å². The Morgan fingerprint density at radius 1 is 1.26 bits per heavy atom. The molecule has 6 heteroatoms. The fraction of sp³-hybridized carbons (Fsp3) is 0.176. The highest BCUT2D eigenvalue weighted by Crippen LogP contribution is 2.28. The van der Waals surface area contributed by atoms with Crippen LogP contribution in [0.2, 0.25) is 0 Å². The molecule has 1 N–H and O–H groups in total. The molecule has 0 aliphatic rings. The number of hydrogen-bond acceptors (Lipinski definition) is 3. The molecule has 2 heterocycles.